The minimum absolute atomic E-state index is 0.102. The average Bonchev–Trinajstić information content (AvgIpc) is 2.70. The van der Waals surface area contributed by atoms with Gasteiger partial charge in [0.2, 0.25) is 0 Å². The molecule has 0 aromatic heterocycles. The van der Waals surface area contributed by atoms with Crippen LogP contribution < -0.4 is 4.83 Å². The van der Waals surface area contributed by atoms with Gasteiger partial charge in [-0.05, 0) is 17.7 Å². The van der Waals surface area contributed by atoms with E-state index in [9.17, 15) is 13.5 Å². The first-order valence-corrected chi connectivity index (χ1v) is 9.49. The Bertz CT molecular complexity index is 973. The highest BCUT2D eigenvalue weighted by Crippen LogP contribution is 2.19. The van der Waals surface area contributed by atoms with Gasteiger partial charge < -0.3 is 5.11 Å². The summed E-state index contributed by atoms with van der Waals surface area (Å²) in [5, 5.41) is 14.8. The zero-order valence-corrected chi connectivity index (χ0v) is 14.7. The van der Waals surface area contributed by atoms with E-state index in [1.807, 2.05) is 12.1 Å². The van der Waals surface area contributed by atoms with E-state index < -0.39 is 16.1 Å². The summed E-state index contributed by atoms with van der Waals surface area (Å²) in [5.41, 5.74) is 1.46. The van der Waals surface area contributed by atoms with Crippen LogP contribution in [0.3, 0.4) is 0 Å². The second kappa shape index (κ2) is 7.95. The lowest BCUT2D eigenvalue weighted by atomic mass is 9.99. The van der Waals surface area contributed by atoms with Crippen LogP contribution in [0.2, 0.25) is 0 Å². The summed E-state index contributed by atoms with van der Waals surface area (Å²) in [4.78, 5) is 2.33. The third-order valence-corrected chi connectivity index (χ3v) is 5.01. The van der Waals surface area contributed by atoms with E-state index in [0.717, 1.165) is 0 Å². The molecule has 0 amide bonds. The second-order valence-electron chi connectivity index (χ2n) is 5.58. The third-order valence-electron chi connectivity index (χ3n) is 3.78. The molecule has 0 heterocycles. The van der Waals surface area contributed by atoms with Crippen LogP contribution in [-0.4, -0.2) is 19.2 Å². The lowest BCUT2D eigenvalue weighted by Gasteiger charge is -2.15. The van der Waals surface area contributed by atoms with Gasteiger partial charge in [0, 0.05) is 5.56 Å². The van der Waals surface area contributed by atoms with Crippen LogP contribution >= 0.6 is 0 Å². The Morgan fingerprint density at radius 3 is 1.88 bits per heavy atom. The van der Waals surface area contributed by atoms with Gasteiger partial charge in [0.25, 0.3) is 10.0 Å². The molecular formula is C20H18N2O3S. The van der Waals surface area contributed by atoms with E-state index in [4.69, 9.17) is 0 Å². The van der Waals surface area contributed by atoms with Crippen molar-refractivity contribution < 1.29 is 13.5 Å². The van der Waals surface area contributed by atoms with Crippen LogP contribution in [0.25, 0.3) is 0 Å². The van der Waals surface area contributed by atoms with Crippen molar-refractivity contribution in [3.63, 3.8) is 0 Å². The molecule has 1 atom stereocenters. The summed E-state index contributed by atoms with van der Waals surface area (Å²) in [5.74, 6) is 0. The van der Waals surface area contributed by atoms with Gasteiger partial charge in [-0.2, -0.15) is 18.4 Å². The minimum Gasteiger partial charge on any atom is -0.382 e. The molecule has 26 heavy (non-hydrogen) atoms. The zero-order valence-electron chi connectivity index (χ0n) is 13.9. The number of aliphatic hydroxyl groups is 1. The Labute approximate surface area is 152 Å². The van der Waals surface area contributed by atoms with Gasteiger partial charge >= 0.3 is 0 Å². The van der Waals surface area contributed by atoms with Crippen LogP contribution in [0, 0.1) is 0 Å². The summed E-state index contributed by atoms with van der Waals surface area (Å²) in [6.45, 7) is 0. The molecule has 0 bridgehead atoms. The van der Waals surface area contributed by atoms with E-state index in [0.29, 0.717) is 11.1 Å². The van der Waals surface area contributed by atoms with Crippen LogP contribution in [0.4, 0.5) is 0 Å². The highest BCUT2D eigenvalue weighted by molar-refractivity contribution is 7.89. The quantitative estimate of drug-likeness (QED) is 0.520. The maximum atomic E-state index is 12.4. The molecule has 0 radical (unpaired) electrons. The molecular weight excluding hydrogens is 348 g/mol. The van der Waals surface area contributed by atoms with E-state index >= 15 is 0 Å². The highest BCUT2D eigenvalue weighted by Gasteiger charge is 2.19. The maximum Gasteiger partial charge on any atom is 0.276 e. The molecule has 2 N–H and O–H groups in total. The van der Waals surface area contributed by atoms with Crippen molar-refractivity contribution in [3.8, 4) is 0 Å². The Hall–Kier alpha value is -2.96. The Morgan fingerprint density at radius 1 is 0.808 bits per heavy atom. The molecule has 1 unspecified atom stereocenters. The van der Waals surface area contributed by atoms with E-state index in [2.05, 4.69) is 9.93 Å². The topological polar surface area (TPSA) is 78.8 Å². The molecule has 132 valence electrons. The number of aliphatic hydroxyl groups excluding tert-OH is 1. The maximum absolute atomic E-state index is 12.4. The predicted molar refractivity (Wildman–Crippen MR) is 101 cm³/mol. The number of nitrogens with zero attached hydrogens (tertiary/aromatic N) is 1. The SMILES string of the molecule is O=S(=O)(N/N=C(\c1ccccc1)C(O)c1ccccc1)c1ccccc1. The molecule has 0 spiro atoms. The van der Waals surface area contributed by atoms with Crippen LogP contribution in [0.15, 0.2) is 101 Å². The molecule has 5 nitrogen and oxygen atoms in total. The Balaban J connectivity index is 1.97. The smallest absolute Gasteiger partial charge is 0.276 e. The number of benzene rings is 3. The lowest BCUT2D eigenvalue weighted by Crippen LogP contribution is -2.23. The molecule has 0 fully saturated rings. The van der Waals surface area contributed by atoms with Gasteiger partial charge in [0.05, 0.1) is 4.90 Å². The zero-order chi connectivity index (χ0) is 18.4. The highest BCUT2D eigenvalue weighted by atomic mass is 32.2. The van der Waals surface area contributed by atoms with Crippen molar-refractivity contribution in [3.05, 3.63) is 102 Å². The number of nitrogens with one attached hydrogen (secondary N) is 1. The Kier molecular flexibility index (Phi) is 5.46. The second-order valence-corrected chi connectivity index (χ2v) is 7.24. The molecule has 0 saturated carbocycles. The first-order valence-electron chi connectivity index (χ1n) is 8.01. The normalized spacial score (nSPS) is 13.2. The van der Waals surface area contributed by atoms with Crippen molar-refractivity contribution in [1.82, 2.24) is 4.83 Å². The fourth-order valence-corrected chi connectivity index (χ4v) is 3.29. The van der Waals surface area contributed by atoms with E-state index in [-0.39, 0.29) is 10.6 Å². The first kappa shape index (κ1) is 17.8. The summed E-state index contributed by atoms with van der Waals surface area (Å²) in [6, 6.07) is 25.9. The molecule has 0 aliphatic carbocycles. The van der Waals surface area contributed by atoms with Gasteiger partial charge in [0.1, 0.15) is 11.8 Å². The van der Waals surface area contributed by atoms with E-state index in [1.54, 1.807) is 66.7 Å². The fraction of sp³-hybridized carbons (Fsp3) is 0.0500. The van der Waals surface area contributed by atoms with Gasteiger partial charge in [0.15, 0.2) is 0 Å². The lowest BCUT2D eigenvalue weighted by molar-refractivity contribution is 0.247. The third kappa shape index (κ3) is 4.17. The minimum atomic E-state index is -3.83. The molecule has 0 saturated heterocycles. The van der Waals surface area contributed by atoms with Gasteiger partial charge in [-0.1, -0.05) is 78.9 Å². The van der Waals surface area contributed by atoms with Crippen molar-refractivity contribution in [2.45, 2.75) is 11.0 Å². The van der Waals surface area contributed by atoms with Crippen LogP contribution in [-0.2, 0) is 10.0 Å². The molecule has 0 aliphatic heterocycles. The number of hydrazone groups is 1. The summed E-state index contributed by atoms with van der Waals surface area (Å²) >= 11 is 0. The van der Waals surface area contributed by atoms with Crippen LogP contribution in [0.5, 0.6) is 0 Å². The molecule has 3 aromatic rings. The molecule has 3 aromatic carbocycles. The Morgan fingerprint density at radius 2 is 1.31 bits per heavy atom. The first-order chi connectivity index (χ1) is 12.6. The van der Waals surface area contributed by atoms with Gasteiger partial charge in [-0.25, -0.2) is 0 Å². The van der Waals surface area contributed by atoms with Gasteiger partial charge in [-0.15, -0.1) is 0 Å². The van der Waals surface area contributed by atoms with Crippen molar-refractivity contribution in [1.29, 1.82) is 0 Å². The number of rotatable bonds is 6. The van der Waals surface area contributed by atoms with Crippen molar-refractivity contribution in [2.24, 2.45) is 5.10 Å². The van der Waals surface area contributed by atoms with Crippen molar-refractivity contribution in [2.75, 3.05) is 0 Å². The van der Waals surface area contributed by atoms with Gasteiger partial charge in [-0.3, -0.25) is 0 Å². The molecule has 3 rings (SSSR count). The molecule has 6 heteroatoms. The predicted octanol–water partition coefficient (Wildman–Crippen LogP) is 3.10. The summed E-state index contributed by atoms with van der Waals surface area (Å²) in [7, 11) is -3.83. The van der Waals surface area contributed by atoms with Crippen molar-refractivity contribution >= 4 is 15.7 Å². The van der Waals surface area contributed by atoms with E-state index in [1.165, 1.54) is 12.1 Å². The van der Waals surface area contributed by atoms with Crippen LogP contribution in [0.1, 0.15) is 17.2 Å². The summed E-state index contributed by atoms with van der Waals surface area (Å²) < 4.78 is 24.9. The summed E-state index contributed by atoms with van der Waals surface area (Å²) in [6.07, 6.45) is -1.07. The number of hydrogen-bond donors (Lipinski definition) is 2. The largest absolute Gasteiger partial charge is 0.382 e. The fourth-order valence-electron chi connectivity index (χ4n) is 2.45. The standard InChI is InChI=1S/C20H18N2O3S/c23-20(17-12-6-2-7-13-17)19(16-10-4-1-5-11-16)21-22-26(24,25)18-14-8-3-9-15-18/h1-15,20,22-23H/b21-19+. The average molecular weight is 366 g/mol. The monoisotopic (exact) mass is 366 g/mol. The number of sulfonamides is 1. The molecule has 0 aliphatic rings. The number of hydrogen-bond acceptors (Lipinski definition) is 4.